The highest BCUT2D eigenvalue weighted by Gasteiger charge is 2.50. The van der Waals surface area contributed by atoms with Crippen molar-refractivity contribution in [3.8, 4) is 0 Å². The molecule has 0 unspecified atom stereocenters. The summed E-state index contributed by atoms with van der Waals surface area (Å²) in [5.41, 5.74) is -0.640. The highest BCUT2D eigenvalue weighted by Crippen LogP contribution is 2.39. The van der Waals surface area contributed by atoms with Gasteiger partial charge in [0.1, 0.15) is 5.60 Å². The lowest BCUT2D eigenvalue weighted by Gasteiger charge is -2.46. The largest absolute Gasteiger partial charge is 0.457 e. The van der Waals surface area contributed by atoms with Crippen molar-refractivity contribution in [2.45, 2.75) is 91.3 Å². The molecule has 0 aliphatic carbocycles. The van der Waals surface area contributed by atoms with E-state index in [0.717, 1.165) is 0 Å². The van der Waals surface area contributed by atoms with Crippen molar-refractivity contribution in [2.24, 2.45) is 11.8 Å². The predicted molar refractivity (Wildman–Crippen MR) is 109 cm³/mol. The summed E-state index contributed by atoms with van der Waals surface area (Å²) < 4.78 is 16.6. The van der Waals surface area contributed by atoms with Crippen LogP contribution in [0.5, 0.6) is 0 Å². The fourth-order valence-electron chi connectivity index (χ4n) is 2.85. The van der Waals surface area contributed by atoms with E-state index in [0.29, 0.717) is 0 Å². The lowest BCUT2D eigenvalue weighted by Crippen LogP contribution is -2.66. The smallest absolute Gasteiger partial charge is 0.344 e. The Morgan fingerprint density at radius 3 is 2.07 bits per heavy atom. The molecule has 1 saturated heterocycles. The number of esters is 2. The van der Waals surface area contributed by atoms with Crippen LogP contribution in [0.1, 0.15) is 55.4 Å². The van der Waals surface area contributed by atoms with Crippen LogP contribution in [0.2, 0.25) is 18.1 Å². The maximum atomic E-state index is 12.4. The molecule has 1 N–H and O–H groups in total. The molecule has 0 radical (unpaired) electrons. The Morgan fingerprint density at radius 2 is 1.64 bits per heavy atom. The summed E-state index contributed by atoms with van der Waals surface area (Å²) >= 11 is 0. The SMILES string of the molecule is C[C@@H](O[Si](C)(C)C(C)(C)C)[C@H]1C(=O)N[C@@H]1[C@@H](C)C(=O)OCC(=O)OC(C)(C)C. The Kier molecular flexibility index (Phi) is 7.50. The molecule has 0 aromatic rings. The van der Waals surface area contributed by atoms with Crippen LogP contribution in [-0.4, -0.2) is 50.5 Å². The molecule has 1 aliphatic heterocycles. The zero-order valence-electron chi connectivity index (χ0n) is 19.0. The van der Waals surface area contributed by atoms with E-state index >= 15 is 0 Å². The number of nitrogens with one attached hydrogen (secondary N) is 1. The van der Waals surface area contributed by atoms with Crippen LogP contribution in [-0.2, 0) is 28.3 Å². The first-order chi connectivity index (χ1) is 12.5. The standard InChI is InChI=1S/C20H37NO6Si/c1-12(18(24)25-11-14(22)26-19(3,4)5)16-15(17(23)21-16)13(2)27-28(9,10)20(6,7)8/h12-13,15-16H,11H2,1-10H3,(H,21,23)/t12-,13-,15-,16-/m1/s1. The minimum atomic E-state index is -2.04. The van der Waals surface area contributed by atoms with Gasteiger partial charge in [0.15, 0.2) is 14.9 Å². The van der Waals surface area contributed by atoms with E-state index in [1.165, 1.54) is 0 Å². The number of hydrogen-bond acceptors (Lipinski definition) is 6. The van der Waals surface area contributed by atoms with Crippen LogP contribution in [0.4, 0.5) is 0 Å². The van der Waals surface area contributed by atoms with E-state index in [-0.39, 0.29) is 23.1 Å². The minimum Gasteiger partial charge on any atom is -0.457 e. The zero-order valence-corrected chi connectivity index (χ0v) is 20.0. The molecule has 1 fully saturated rings. The third-order valence-electron chi connectivity index (χ3n) is 5.45. The molecule has 1 rings (SSSR count). The number of amides is 1. The minimum absolute atomic E-state index is 0.0228. The van der Waals surface area contributed by atoms with Gasteiger partial charge in [-0.2, -0.15) is 0 Å². The summed E-state index contributed by atoms with van der Waals surface area (Å²) in [5, 5.41) is 2.81. The number of ether oxygens (including phenoxy) is 2. The number of carbonyl (C=O) groups excluding carboxylic acids is 3. The van der Waals surface area contributed by atoms with Crippen molar-refractivity contribution >= 4 is 26.2 Å². The van der Waals surface area contributed by atoms with Crippen LogP contribution in [0.25, 0.3) is 0 Å². The molecule has 28 heavy (non-hydrogen) atoms. The van der Waals surface area contributed by atoms with Gasteiger partial charge in [0.2, 0.25) is 5.91 Å². The van der Waals surface area contributed by atoms with Gasteiger partial charge in [-0.3, -0.25) is 9.59 Å². The lowest BCUT2D eigenvalue weighted by atomic mass is 9.79. The van der Waals surface area contributed by atoms with Crippen molar-refractivity contribution in [1.82, 2.24) is 5.32 Å². The van der Waals surface area contributed by atoms with E-state index < -0.39 is 44.3 Å². The van der Waals surface area contributed by atoms with Gasteiger partial charge in [0.05, 0.1) is 24.0 Å². The molecule has 1 heterocycles. The van der Waals surface area contributed by atoms with Crippen molar-refractivity contribution in [2.75, 3.05) is 6.61 Å². The van der Waals surface area contributed by atoms with Crippen molar-refractivity contribution < 1.29 is 28.3 Å². The molecule has 0 saturated carbocycles. The molecule has 0 spiro atoms. The lowest BCUT2D eigenvalue weighted by molar-refractivity contribution is -0.170. The third-order valence-corrected chi connectivity index (χ3v) is 10.0. The number of hydrogen-bond donors (Lipinski definition) is 1. The Morgan fingerprint density at radius 1 is 1.11 bits per heavy atom. The van der Waals surface area contributed by atoms with Gasteiger partial charge in [-0.15, -0.1) is 0 Å². The van der Waals surface area contributed by atoms with Crippen LogP contribution in [0.15, 0.2) is 0 Å². The van der Waals surface area contributed by atoms with Crippen LogP contribution in [0, 0.1) is 11.8 Å². The Balaban J connectivity index is 2.68. The van der Waals surface area contributed by atoms with E-state index in [2.05, 4.69) is 39.2 Å². The van der Waals surface area contributed by atoms with Gasteiger partial charge in [-0.05, 0) is 52.8 Å². The predicted octanol–water partition coefficient (Wildman–Crippen LogP) is 3.03. The quantitative estimate of drug-likeness (QED) is 0.390. The fourth-order valence-corrected chi connectivity index (χ4v) is 4.28. The molecule has 1 aliphatic rings. The van der Waals surface area contributed by atoms with Gasteiger partial charge < -0.3 is 19.2 Å². The van der Waals surface area contributed by atoms with Gasteiger partial charge in [0.25, 0.3) is 0 Å². The first-order valence-corrected chi connectivity index (χ1v) is 12.7. The van der Waals surface area contributed by atoms with E-state index in [9.17, 15) is 14.4 Å². The molecule has 7 nitrogen and oxygen atoms in total. The second-order valence-corrected chi connectivity index (χ2v) is 14.9. The molecule has 4 atom stereocenters. The Hall–Kier alpha value is -1.41. The highest BCUT2D eigenvalue weighted by atomic mass is 28.4. The highest BCUT2D eigenvalue weighted by molar-refractivity contribution is 6.74. The average Bonchev–Trinajstić information content (AvgIpc) is 2.45. The number of β-lactam (4-membered cyclic amide) rings is 1. The summed E-state index contributed by atoms with van der Waals surface area (Å²) in [7, 11) is -2.04. The summed E-state index contributed by atoms with van der Waals surface area (Å²) in [5.74, 6) is -2.27. The topological polar surface area (TPSA) is 90.9 Å². The number of rotatable bonds is 7. The molecule has 0 bridgehead atoms. The summed E-state index contributed by atoms with van der Waals surface area (Å²) in [6.45, 7) is 19.0. The van der Waals surface area contributed by atoms with Crippen molar-refractivity contribution in [1.29, 1.82) is 0 Å². The average molecular weight is 416 g/mol. The maximum Gasteiger partial charge on any atom is 0.344 e. The maximum absolute atomic E-state index is 12.4. The molecule has 0 aromatic heterocycles. The normalized spacial score (nSPS) is 22.6. The van der Waals surface area contributed by atoms with E-state index in [1.54, 1.807) is 27.7 Å². The Labute approximate surface area is 170 Å². The zero-order chi connectivity index (χ0) is 22.1. The van der Waals surface area contributed by atoms with Crippen molar-refractivity contribution in [3.63, 3.8) is 0 Å². The van der Waals surface area contributed by atoms with Gasteiger partial charge in [0, 0.05) is 0 Å². The van der Waals surface area contributed by atoms with Crippen molar-refractivity contribution in [3.05, 3.63) is 0 Å². The molecule has 162 valence electrons. The van der Waals surface area contributed by atoms with Gasteiger partial charge >= 0.3 is 11.9 Å². The second-order valence-electron chi connectivity index (χ2n) is 10.1. The third kappa shape index (κ3) is 6.30. The molecular formula is C20H37NO6Si. The van der Waals surface area contributed by atoms with Gasteiger partial charge in [-0.1, -0.05) is 20.8 Å². The molecule has 1 amide bonds. The molecule has 0 aromatic carbocycles. The first-order valence-electron chi connectivity index (χ1n) is 9.83. The fraction of sp³-hybridized carbons (Fsp3) is 0.850. The van der Waals surface area contributed by atoms with Crippen LogP contribution < -0.4 is 5.32 Å². The van der Waals surface area contributed by atoms with Crippen LogP contribution in [0.3, 0.4) is 0 Å². The van der Waals surface area contributed by atoms with Gasteiger partial charge in [-0.25, -0.2) is 4.79 Å². The summed E-state index contributed by atoms with van der Waals surface area (Å²) in [6, 6.07) is -0.376. The summed E-state index contributed by atoms with van der Waals surface area (Å²) in [4.78, 5) is 36.2. The Bertz CT molecular complexity index is 605. The number of carbonyl (C=O) groups is 3. The molecular weight excluding hydrogens is 378 g/mol. The first kappa shape index (κ1) is 24.6. The summed E-state index contributed by atoms with van der Waals surface area (Å²) in [6.07, 6.45) is -0.305. The molecule has 8 heteroatoms. The monoisotopic (exact) mass is 415 g/mol. The van der Waals surface area contributed by atoms with E-state index in [1.807, 2.05) is 6.92 Å². The van der Waals surface area contributed by atoms with Crippen LogP contribution >= 0.6 is 0 Å². The second kappa shape index (κ2) is 8.53. The van der Waals surface area contributed by atoms with E-state index in [4.69, 9.17) is 13.9 Å².